The second-order valence-electron chi connectivity index (χ2n) is 4.41. The summed E-state index contributed by atoms with van der Waals surface area (Å²) in [5.41, 5.74) is 1.52. The Balaban J connectivity index is 2.40. The van der Waals surface area contributed by atoms with Crippen LogP contribution in [-0.4, -0.2) is 12.6 Å². The molecule has 96 valence electrons. The molecule has 19 heavy (non-hydrogen) atoms. The zero-order valence-electron chi connectivity index (χ0n) is 11.0. The first-order valence-electron chi connectivity index (χ1n) is 6.26. The summed E-state index contributed by atoms with van der Waals surface area (Å²) in [6.45, 7) is 4.01. The lowest BCUT2D eigenvalue weighted by atomic mass is 9.97. The normalized spacial score (nSPS) is 11.8. The lowest BCUT2D eigenvalue weighted by molar-refractivity contribution is -0.144. The summed E-state index contributed by atoms with van der Waals surface area (Å²) < 4.78 is 5.02. The van der Waals surface area contributed by atoms with Crippen molar-refractivity contribution in [3.63, 3.8) is 0 Å². The first-order valence-corrected chi connectivity index (χ1v) is 6.26. The van der Waals surface area contributed by atoms with Crippen LogP contribution in [-0.2, 0) is 9.53 Å². The summed E-state index contributed by atoms with van der Waals surface area (Å²) in [6, 6.07) is 13.5. The molecular weight excluding hydrogens is 238 g/mol. The minimum absolute atomic E-state index is 0.224. The van der Waals surface area contributed by atoms with Crippen LogP contribution >= 0.6 is 0 Å². The smallest absolute Gasteiger partial charge is 0.313 e. The third kappa shape index (κ3) is 2.74. The lowest BCUT2D eigenvalue weighted by Gasteiger charge is -2.11. The van der Waals surface area contributed by atoms with Gasteiger partial charge in [0.2, 0.25) is 0 Å². The number of nitriles is 1. The molecule has 3 nitrogen and oxygen atoms in total. The number of carbonyl (C=O) groups excluding carboxylic acids is 1. The van der Waals surface area contributed by atoms with E-state index in [0.29, 0.717) is 12.2 Å². The van der Waals surface area contributed by atoms with E-state index >= 15 is 0 Å². The molecule has 0 amide bonds. The molecule has 1 unspecified atom stereocenters. The van der Waals surface area contributed by atoms with Crippen LogP contribution in [0.25, 0.3) is 10.8 Å². The summed E-state index contributed by atoms with van der Waals surface area (Å²) >= 11 is 0. The molecule has 0 aromatic heterocycles. The maximum Gasteiger partial charge on any atom is 0.313 e. The fourth-order valence-electron chi connectivity index (χ4n) is 2.01. The van der Waals surface area contributed by atoms with Crippen molar-refractivity contribution < 1.29 is 9.53 Å². The van der Waals surface area contributed by atoms with Crippen LogP contribution in [0.4, 0.5) is 0 Å². The Morgan fingerprint density at radius 2 is 2.00 bits per heavy atom. The molecule has 2 rings (SSSR count). The quantitative estimate of drug-likeness (QED) is 0.788. The van der Waals surface area contributed by atoms with Crippen molar-refractivity contribution >= 4 is 16.7 Å². The van der Waals surface area contributed by atoms with Crippen molar-refractivity contribution in [3.05, 3.63) is 47.5 Å². The summed E-state index contributed by atoms with van der Waals surface area (Å²) in [4.78, 5) is 11.7. The van der Waals surface area contributed by atoms with Crippen molar-refractivity contribution in [1.29, 1.82) is 5.26 Å². The van der Waals surface area contributed by atoms with Gasteiger partial charge in [0, 0.05) is 0 Å². The molecule has 1 atom stereocenters. The van der Waals surface area contributed by atoms with Crippen LogP contribution in [0.15, 0.2) is 36.4 Å². The molecule has 3 heteroatoms. The van der Waals surface area contributed by atoms with Crippen LogP contribution < -0.4 is 0 Å². The standard InChI is InChI=1S/C16H15NO2/c1-3-19-16(18)11(2)14-7-6-13-5-4-12(10-17)8-15(13)9-14/h4-9,11H,3H2,1-2H3. The number of ether oxygens (including phenoxy) is 1. The van der Waals surface area contributed by atoms with Crippen LogP contribution in [0.1, 0.15) is 30.9 Å². The van der Waals surface area contributed by atoms with E-state index in [9.17, 15) is 4.79 Å². The number of benzene rings is 2. The molecule has 0 aliphatic carbocycles. The predicted molar refractivity (Wildman–Crippen MR) is 73.7 cm³/mol. The minimum atomic E-state index is -0.296. The van der Waals surface area contributed by atoms with E-state index in [-0.39, 0.29) is 11.9 Å². The Kier molecular flexibility index (Phi) is 3.82. The van der Waals surface area contributed by atoms with E-state index in [1.165, 1.54) is 0 Å². The Morgan fingerprint density at radius 3 is 2.68 bits per heavy atom. The monoisotopic (exact) mass is 253 g/mol. The van der Waals surface area contributed by atoms with Crippen molar-refractivity contribution in [2.24, 2.45) is 0 Å². The van der Waals surface area contributed by atoms with E-state index < -0.39 is 0 Å². The maximum absolute atomic E-state index is 11.7. The number of esters is 1. The van der Waals surface area contributed by atoms with Gasteiger partial charge in [0.05, 0.1) is 24.2 Å². The molecule has 0 bridgehead atoms. The zero-order chi connectivity index (χ0) is 13.8. The van der Waals surface area contributed by atoms with Crippen LogP contribution in [0.3, 0.4) is 0 Å². The number of hydrogen-bond acceptors (Lipinski definition) is 3. The molecule has 0 aliphatic heterocycles. The molecule has 0 N–H and O–H groups in total. The topological polar surface area (TPSA) is 50.1 Å². The summed E-state index contributed by atoms with van der Waals surface area (Å²) in [7, 11) is 0. The molecule has 0 saturated heterocycles. The Morgan fingerprint density at radius 1 is 1.26 bits per heavy atom. The van der Waals surface area contributed by atoms with Gasteiger partial charge in [0.1, 0.15) is 0 Å². The number of hydrogen-bond donors (Lipinski definition) is 0. The first kappa shape index (κ1) is 13.1. The van der Waals surface area contributed by atoms with Gasteiger partial charge in [-0.15, -0.1) is 0 Å². The van der Waals surface area contributed by atoms with E-state index in [4.69, 9.17) is 10.00 Å². The van der Waals surface area contributed by atoms with E-state index in [1.54, 1.807) is 13.0 Å². The van der Waals surface area contributed by atoms with Crippen LogP contribution in [0, 0.1) is 11.3 Å². The van der Waals surface area contributed by atoms with Gasteiger partial charge in [-0.05, 0) is 42.3 Å². The molecule has 0 saturated carbocycles. The average Bonchev–Trinajstić information content (AvgIpc) is 2.45. The third-order valence-corrected chi connectivity index (χ3v) is 3.13. The lowest BCUT2D eigenvalue weighted by Crippen LogP contribution is -2.12. The molecule has 0 radical (unpaired) electrons. The second-order valence-corrected chi connectivity index (χ2v) is 4.41. The highest BCUT2D eigenvalue weighted by Gasteiger charge is 2.16. The summed E-state index contributed by atoms with van der Waals surface area (Å²) in [5.74, 6) is -0.520. The number of fused-ring (bicyclic) bond motifs is 1. The second kappa shape index (κ2) is 5.53. The van der Waals surface area contributed by atoms with E-state index in [2.05, 4.69) is 6.07 Å². The third-order valence-electron chi connectivity index (χ3n) is 3.13. The van der Waals surface area contributed by atoms with Crippen molar-refractivity contribution in [1.82, 2.24) is 0 Å². The van der Waals surface area contributed by atoms with Crippen molar-refractivity contribution in [3.8, 4) is 6.07 Å². The van der Waals surface area contributed by atoms with Gasteiger partial charge in [-0.2, -0.15) is 5.26 Å². The van der Waals surface area contributed by atoms with Gasteiger partial charge in [0.15, 0.2) is 0 Å². The van der Waals surface area contributed by atoms with Gasteiger partial charge >= 0.3 is 5.97 Å². The molecule has 0 aliphatic rings. The minimum Gasteiger partial charge on any atom is -0.466 e. The fraction of sp³-hybridized carbons (Fsp3) is 0.250. The fourth-order valence-corrected chi connectivity index (χ4v) is 2.01. The summed E-state index contributed by atoms with van der Waals surface area (Å²) in [5, 5.41) is 10.9. The van der Waals surface area contributed by atoms with Gasteiger partial charge in [-0.1, -0.05) is 24.3 Å². The first-order chi connectivity index (χ1) is 9.15. The highest BCUT2D eigenvalue weighted by Crippen LogP contribution is 2.23. The Hall–Kier alpha value is -2.34. The molecule has 0 spiro atoms. The highest BCUT2D eigenvalue weighted by atomic mass is 16.5. The zero-order valence-corrected chi connectivity index (χ0v) is 11.0. The van der Waals surface area contributed by atoms with E-state index in [0.717, 1.165) is 16.3 Å². The molecule has 2 aromatic carbocycles. The van der Waals surface area contributed by atoms with Gasteiger partial charge < -0.3 is 4.74 Å². The molecule has 2 aromatic rings. The largest absolute Gasteiger partial charge is 0.466 e. The van der Waals surface area contributed by atoms with Crippen LogP contribution in [0.2, 0.25) is 0 Å². The average molecular weight is 253 g/mol. The van der Waals surface area contributed by atoms with Crippen molar-refractivity contribution in [2.45, 2.75) is 19.8 Å². The van der Waals surface area contributed by atoms with Gasteiger partial charge in [-0.25, -0.2) is 0 Å². The van der Waals surface area contributed by atoms with Crippen molar-refractivity contribution in [2.75, 3.05) is 6.61 Å². The predicted octanol–water partition coefficient (Wildman–Crippen LogP) is 3.38. The number of carbonyl (C=O) groups is 1. The number of nitrogens with zero attached hydrogens (tertiary/aromatic N) is 1. The van der Waals surface area contributed by atoms with Gasteiger partial charge in [0.25, 0.3) is 0 Å². The number of rotatable bonds is 3. The Labute approximate surface area is 112 Å². The van der Waals surface area contributed by atoms with E-state index in [1.807, 2.05) is 37.3 Å². The van der Waals surface area contributed by atoms with Gasteiger partial charge in [-0.3, -0.25) is 4.79 Å². The summed E-state index contributed by atoms with van der Waals surface area (Å²) in [6.07, 6.45) is 0. The SMILES string of the molecule is CCOC(=O)C(C)c1ccc2ccc(C#N)cc2c1. The Bertz CT molecular complexity index is 655. The molecular formula is C16H15NO2. The molecule has 0 fully saturated rings. The maximum atomic E-state index is 11.7. The van der Waals surface area contributed by atoms with Crippen LogP contribution in [0.5, 0.6) is 0 Å². The molecule has 0 heterocycles. The highest BCUT2D eigenvalue weighted by molar-refractivity contribution is 5.86.